The Morgan fingerprint density at radius 3 is 1.85 bits per heavy atom. The van der Waals surface area contributed by atoms with E-state index in [1.807, 2.05) is 37.3 Å². The lowest BCUT2D eigenvalue weighted by molar-refractivity contribution is 0.0992. The maximum atomic E-state index is 12.1. The van der Waals surface area contributed by atoms with Crippen molar-refractivity contribution in [3.05, 3.63) is 77.4 Å². The van der Waals surface area contributed by atoms with Crippen LogP contribution in [0.5, 0.6) is 5.75 Å². The van der Waals surface area contributed by atoms with Crippen LogP contribution < -0.4 is 16.2 Å². The molecule has 5 nitrogen and oxygen atoms in total. The molecular formula is C22H20N2O3. The lowest BCUT2D eigenvalue weighted by atomic mass is 9.90. The van der Waals surface area contributed by atoms with Crippen molar-refractivity contribution in [2.45, 2.75) is 6.92 Å². The largest absolute Gasteiger partial charge is 0.497 e. The number of rotatable bonds is 5. The van der Waals surface area contributed by atoms with Crippen molar-refractivity contribution in [2.75, 3.05) is 7.11 Å². The van der Waals surface area contributed by atoms with Gasteiger partial charge in [-0.15, -0.1) is 0 Å². The summed E-state index contributed by atoms with van der Waals surface area (Å²) >= 11 is 0. The summed E-state index contributed by atoms with van der Waals surface area (Å²) in [6.07, 6.45) is 0. The predicted octanol–water partition coefficient (Wildman–Crippen LogP) is 3.54. The second-order valence-corrected chi connectivity index (χ2v) is 6.25. The summed E-state index contributed by atoms with van der Waals surface area (Å²) in [5, 5.41) is 0. The van der Waals surface area contributed by atoms with E-state index in [4.69, 9.17) is 16.2 Å². The van der Waals surface area contributed by atoms with Gasteiger partial charge in [-0.3, -0.25) is 9.59 Å². The van der Waals surface area contributed by atoms with Crippen molar-refractivity contribution < 1.29 is 14.3 Å². The van der Waals surface area contributed by atoms with E-state index >= 15 is 0 Å². The van der Waals surface area contributed by atoms with Crippen LogP contribution in [0, 0.1) is 6.92 Å². The Hall–Kier alpha value is -3.60. The SMILES string of the molecule is COc1ccc(-c2cc(C)c(-c3ccc(C(N)=O)cc3)cc2C(N)=O)cc1. The van der Waals surface area contributed by atoms with Gasteiger partial charge in [-0.2, -0.15) is 0 Å². The number of carbonyl (C=O) groups is 2. The van der Waals surface area contributed by atoms with Gasteiger partial charge in [-0.25, -0.2) is 0 Å². The van der Waals surface area contributed by atoms with Crippen LogP contribution >= 0.6 is 0 Å². The van der Waals surface area contributed by atoms with E-state index < -0.39 is 11.8 Å². The molecule has 0 aromatic heterocycles. The summed E-state index contributed by atoms with van der Waals surface area (Å²) in [6.45, 7) is 1.97. The molecule has 0 bridgehead atoms. The number of nitrogens with two attached hydrogens (primary N) is 2. The third kappa shape index (κ3) is 3.67. The number of primary amides is 2. The highest BCUT2D eigenvalue weighted by molar-refractivity contribution is 6.01. The molecule has 0 radical (unpaired) electrons. The minimum Gasteiger partial charge on any atom is -0.497 e. The van der Waals surface area contributed by atoms with Crippen molar-refractivity contribution >= 4 is 11.8 Å². The summed E-state index contributed by atoms with van der Waals surface area (Å²) in [5.41, 5.74) is 16.2. The first-order valence-electron chi connectivity index (χ1n) is 8.40. The molecule has 0 aliphatic rings. The number of carbonyl (C=O) groups excluding carboxylic acids is 2. The van der Waals surface area contributed by atoms with Crippen molar-refractivity contribution in [3.8, 4) is 28.0 Å². The Labute approximate surface area is 157 Å². The molecule has 3 aromatic carbocycles. The van der Waals surface area contributed by atoms with Crippen molar-refractivity contribution in [2.24, 2.45) is 11.5 Å². The van der Waals surface area contributed by atoms with Crippen LogP contribution in [0.15, 0.2) is 60.7 Å². The predicted molar refractivity (Wildman–Crippen MR) is 106 cm³/mol. The molecular weight excluding hydrogens is 340 g/mol. The van der Waals surface area contributed by atoms with E-state index in [1.165, 1.54) is 0 Å². The molecule has 3 aromatic rings. The summed E-state index contributed by atoms with van der Waals surface area (Å²) in [4.78, 5) is 23.4. The lowest BCUT2D eigenvalue weighted by Gasteiger charge is -2.14. The fourth-order valence-corrected chi connectivity index (χ4v) is 3.05. The van der Waals surface area contributed by atoms with Gasteiger partial charge in [0.05, 0.1) is 7.11 Å². The van der Waals surface area contributed by atoms with Crippen LogP contribution in [0.4, 0.5) is 0 Å². The Morgan fingerprint density at radius 2 is 1.33 bits per heavy atom. The van der Waals surface area contributed by atoms with Gasteiger partial charge in [-0.1, -0.05) is 30.3 Å². The standard InChI is InChI=1S/C22H20N2O3/c1-13-11-19(15-7-9-17(27-2)10-8-15)20(22(24)26)12-18(13)14-3-5-16(6-4-14)21(23)25/h3-12H,1-2H3,(H2,23,25)(H2,24,26). The van der Waals surface area contributed by atoms with Crippen LogP contribution in [0.3, 0.4) is 0 Å². The van der Waals surface area contributed by atoms with Crippen LogP contribution in [0.1, 0.15) is 26.3 Å². The summed E-state index contributed by atoms with van der Waals surface area (Å²) in [6, 6.07) is 18.1. The Morgan fingerprint density at radius 1 is 0.778 bits per heavy atom. The number of benzene rings is 3. The average Bonchev–Trinajstić information content (AvgIpc) is 2.67. The highest BCUT2D eigenvalue weighted by atomic mass is 16.5. The van der Waals surface area contributed by atoms with E-state index in [2.05, 4.69) is 0 Å². The highest BCUT2D eigenvalue weighted by Crippen LogP contribution is 2.33. The molecule has 0 saturated carbocycles. The van der Waals surface area contributed by atoms with Gasteiger partial charge in [0.1, 0.15) is 5.75 Å². The third-order valence-corrected chi connectivity index (χ3v) is 4.51. The number of amides is 2. The van der Waals surface area contributed by atoms with E-state index in [0.717, 1.165) is 33.6 Å². The molecule has 27 heavy (non-hydrogen) atoms. The minimum atomic E-state index is -0.504. The Balaban J connectivity index is 2.11. The maximum Gasteiger partial charge on any atom is 0.249 e. The van der Waals surface area contributed by atoms with Gasteiger partial charge < -0.3 is 16.2 Å². The molecule has 0 heterocycles. The minimum absolute atomic E-state index is 0.430. The molecule has 0 aliphatic carbocycles. The van der Waals surface area contributed by atoms with Crippen LogP contribution in [-0.2, 0) is 0 Å². The second kappa shape index (κ2) is 7.33. The quantitative estimate of drug-likeness (QED) is 0.728. The number of aryl methyl sites for hydroxylation is 1. The van der Waals surface area contributed by atoms with E-state index in [1.54, 1.807) is 37.4 Å². The average molecular weight is 360 g/mol. The summed E-state index contributed by atoms with van der Waals surface area (Å²) < 4.78 is 5.19. The molecule has 0 unspecified atom stereocenters. The van der Waals surface area contributed by atoms with Crippen molar-refractivity contribution in [1.82, 2.24) is 0 Å². The summed E-state index contributed by atoms with van der Waals surface area (Å²) in [7, 11) is 1.60. The fraction of sp³-hybridized carbons (Fsp3) is 0.0909. The second-order valence-electron chi connectivity index (χ2n) is 6.25. The van der Waals surface area contributed by atoms with E-state index in [9.17, 15) is 9.59 Å². The molecule has 4 N–H and O–H groups in total. The number of hydrogen-bond donors (Lipinski definition) is 2. The van der Waals surface area contributed by atoms with Crippen LogP contribution in [0.2, 0.25) is 0 Å². The fourth-order valence-electron chi connectivity index (χ4n) is 3.05. The number of ether oxygens (including phenoxy) is 1. The normalized spacial score (nSPS) is 10.4. The first-order valence-corrected chi connectivity index (χ1v) is 8.40. The summed E-state index contributed by atoms with van der Waals surface area (Å²) in [5.74, 6) is -0.246. The molecule has 0 fully saturated rings. The maximum absolute atomic E-state index is 12.1. The number of methoxy groups -OCH3 is 1. The molecule has 0 aliphatic heterocycles. The monoisotopic (exact) mass is 360 g/mol. The zero-order valence-corrected chi connectivity index (χ0v) is 15.2. The topological polar surface area (TPSA) is 95.4 Å². The molecule has 2 amide bonds. The molecule has 0 spiro atoms. The van der Waals surface area contributed by atoms with Crippen LogP contribution in [0.25, 0.3) is 22.3 Å². The van der Waals surface area contributed by atoms with E-state index in [0.29, 0.717) is 11.1 Å². The van der Waals surface area contributed by atoms with Gasteiger partial charge >= 0.3 is 0 Å². The molecule has 136 valence electrons. The third-order valence-electron chi connectivity index (χ3n) is 4.51. The highest BCUT2D eigenvalue weighted by Gasteiger charge is 2.15. The first-order chi connectivity index (χ1) is 12.9. The zero-order chi connectivity index (χ0) is 19.6. The van der Waals surface area contributed by atoms with Crippen molar-refractivity contribution in [1.29, 1.82) is 0 Å². The molecule has 0 atom stereocenters. The van der Waals surface area contributed by atoms with E-state index in [-0.39, 0.29) is 0 Å². The van der Waals surface area contributed by atoms with Crippen molar-refractivity contribution in [3.63, 3.8) is 0 Å². The van der Waals surface area contributed by atoms with Gasteiger partial charge in [0.25, 0.3) is 0 Å². The van der Waals surface area contributed by atoms with Gasteiger partial charge in [0, 0.05) is 11.1 Å². The lowest BCUT2D eigenvalue weighted by Crippen LogP contribution is -2.13. The van der Waals surface area contributed by atoms with Crippen LogP contribution in [-0.4, -0.2) is 18.9 Å². The number of hydrogen-bond acceptors (Lipinski definition) is 3. The first kappa shape index (κ1) is 18.2. The molecule has 3 rings (SSSR count). The Bertz CT molecular complexity index is 1010. The van der Waals surface area contributed by atoms with Gasteiger partial charge in [0.2, 0.25) is 11.8 Å². The molecule has 5 heteroatoms. The zero-order valence-electron chi connectivity index (χ0n) is 15.2. The Kier molecular flexibility index (Phi) is 4.94. The van der Waals surface area contributed by atoms with Gasteiger partial charge in [-0.05, 0) is 65.1 Å². The van der Waals surface area contributed by atoms with Gasteiger partial charge in [0.15, 0.2) is 0 Å². The smallest absolute Gasteiger partial charge is 0.249 e. The molecule has 0 saturated heterocycles.